The number of esters is 1. The maximum atomic E-state index is 11.0. The summed E-state index contributed by atoms with van der Waals surface area (Å²) in [6, 6.07) is 9.96. The number of benzene rings is 1. The van der Waals surface area contributed by atoms with Gasteiger partial charge in [0.15, 0.2) is 6.10 Å². The molecule has 1 aromatic carbocycles. The fourth-order valence-electron chi connectivity index (χ4n) is 1.89. The van der Waals surface area contributed by atoms with Gasteiger partial charge < -0.3 is 9.47 Å². The van der Waals surface area contributed by atoms with E-state index in [9.17, 15) is 4.79 Å². The molecule has 0 amide bonds. The van der Waals surface area contributed by atoms with Crippen molar-refractivity contribution in [2.24, 2.45) is 0 Å². The Morgan fingerprint density at radius 2 is 2.00 bits per heavy atom. The predicted molar refractivity (Wildman–Crippen MR) is 83.6 cm³/mol. The van der Waals surface area contributed by atoms with Crippen LogP contribution >= 0.6 is 0 Å². The highest BCUT2D eigenvalue weighted by Gasteiger charge is 2.07. The molecule has 1 rings (SSSR count). The van der Waals surface area contributed by atoms with E-state index in [-0.39, 0.29) is 12.1 Å². The summed E-state index contributed by atoms with van der Waals surface area (Å²) in [7, 11) is 0. The molecule has 0 saturated carbocycles. The number of hydrogen-bond acceptors (Lipinski definition) is 3. The SMILES string of the molecule is CCCCCC(C#CCOCc1ccccc1)OC(C)=O. The number of hydrogen-bond donors (Lipinski definition) is 0. The van der Waals surface area contributed by atoms with Crippen LogP contribution in [0.25, 0.3) is 0 Å². The fourth-order valence-corrected chi connectivity index (χ4v) is 1.89. The maximum absolute atomic E-state index is 11.0. The highest BCUT2D eigenvalue weighted by molar-refractivity contribution is 5.66. The Hall–Kier alpha value is -1.79. The summed E-state index contributed by atoms with van der Waals surface area (Å²) < 4.78 is 10.7. The first-order valence-electron chi connectivity index (χ1n) is 7.49. The van der Waals surface area contributed by atoms with Crippen LogP contribution in [0.1, 0.15) is 45.1 Å². The van der Waals surface area contributed by atoms with E-state index in [1.165, 1.54) is 6.92 Å². The van der Waals surface area contributed by atoms with Gasteiger partial charge in [0.1, 0.15) is 6.61 Å². The third-order valence-corrected chi connectivity index (χ3v) is 2.93. The fraction of sp³-hybridized carbons (Fsp3) is 0.500. The van der Waals surface area contributed by atoms with Crippen LogP contribution in [0.4, 0.5) is 0 Å². The van der Waals surface area contributed by atoms with Crippen molar-refractivity contribution in [3.8, 4) is 11.8 Å². The molecule has 0 aliphatic carbocycles. The zero-order chi connectivity index (χ0) is 15.3. The first-order chi connectivity index (χ1) is 10.2. The Morgan fingerprint density at radius 1 is 1.24 bits per heavy atom. The highest BCUT2D eigenvalue weighted by Crippen LogP contribution is 2.06. The van der Waals surface area contributed by atoms with Crippen LogP contribution < -0.4 is 0 Å². The third-order valence-electron chi connectivity index (χ3n) is 2.93. The molecular weight excluding hydrogens is 264 g/mol. The van der Waals surface area contributed by atoms with Gasteiger partial charge >= 0.3 is 5.97 Å². The summed E-state index contributed by atoms with van der Waals surface area (Å²) >= 11 is 0. The summed E-state index contributed by atoms with van der Waals surface area (Å²) in [5.74, 6) is 5.64. The predicted octanol–water partition coefficient (Wildman–Crippen LogP) is 3.72. The van der Waals surface area contributed by atoms with Crippen molar-refractivity contribution in [1.29, 1.82) is 0 Å². The molecule has 3 heteroatoms. The van der Waals surface area contributed by atoms with Gasteiger partial charge in [-0.3, -0.25) is 4.79 Å². The van der Waals surface area contributed by atoms with Crippen molar-refractivity contribution < 1.29 is 14.3 Å². The van der Waals surface area contributed by atoms with Crippen LogP contribution in [0.15, 0.2) is 30.3 Å². The standard InChI is InChI=1S/C18H24O3/c1-3-4-6-12-18(21-16(2)19)13-9-14-20-15-17-10-7-5-8-11-17/h5,7-8,10-11,18H,3-4,6,12,14-15H2,1-2H3. The lowest BCUT2D eigenvalue weighted by Crippen LogP contribution is -2.14. The maximum Gasteiger partial charge on any atom is 0.303 e. The largest absolute Gasteiger partial charge is 0.449 e. The number of unbranched alkanes of at least 4 members (excludes halogenated alkanes) is 2. The summed E-state index contributed by atoms with van der Waals surface area (Å²) in [6.07, 6.45) is 3.77. The smallest absolute Gasteiger partial charge is 0.303 e. The second kappa shape index (κ2) is 10.9. The molecule has 3 nitrogen and oxygen atoms in total. The third kappa shape index (κ3) is 8.88. The molecule has 0 spiro atoms. The second-order valence-corrected chi connectivity index (χ2v) is 4.89. The molecule has 114 valence electrons. The molecule has 0 heterocycles. The van der Waals surface area contributed by atoms with Crippen molar-refractivity contribution >= 4 is 5.97 Å². The molecule has 1 unspecified atom stereocenters. The van der Waals surface area contributed by atoms with Crippen LogP contribution in [0.5, 0.6) is 0 Å². The van der Waals surface area contributed by atoms with E-state index in [1.807, 2.05) is 30.3 Å². The van der Waals surface area contributed by atoms with Gasteiger partial charge in [0.2, 0.25) is 0 Å². The van der Waals surface area contributed by atoms with Gasteiger partial charge in [-0.05, 0) is 18.4 Å². The molecule has 21 heavy (non-hydrogen) atoms. The van der Waals surface area contributed by atoms with Gasteiger partial charge in [0.05, 0.1) is 6.61 Å². The zero-order valence-corrected chi connectivity index (χ0v) is 12.9. The summed E-state index contributed by atoms with van der Waals surface area (Å²) in [4.78, 5) is 11.0. The van der Waals surface area contributed by atoms with Crippen molar-refractivity contribution in [2.75, 3.05) is 6.61 Å². The first-order valence-corrected chi connectivity index (χ1v) is 7.49. The lowest BCUT2D eigenvalue weighted by atomic mass is 10.1. The molecule has 0 aromatic heterocycles. The highest BCUT2D eigenvalue weighted by atomic mass is 16.5. The Bertz CT molecular complexity index is 456. The van der Waals surface area contributed by atoms with E-state index in [0.717, 1.165) is 31.2 Å². The van der Waals surface area contributed by atoms with Gasteiger partial charge in [-0.1, -0.05) is 61.9 Å². The van der Waals surface area contributed by atoms with Crippen LogP contribution in [0, 0.1) is 11.8 Å². The van der Waals surface area contributed by atoms with Gasteiger partial charge in [-0.15, -0.1) is 0 Å². The molecule has 0 aliphatic heterocycles. The second-order valence-electron chi connectivity index (χ2n) is 4.89. The molecule has 0 radical (unpaired) electrons. The molecular formula is C18H24O3. The average molecular weight is 288 g/mol. The number of carbonyl (C=O) groups excluding carboxylic acids is 1. The van der Waals surface area contributed by atoms with E-state index in [1.54, 1.807) is 0 Å². The van der Waals surface area contributed by atoms with Crippen LogP contribution in [-0.4, -0.2) is 18.7 Å². The monoisotopic (exact) mass is 288 g/mol. The molecule has 0 saturated heterocycles. The van der Waals surface area contributed by atoms with E-state index < -0.39 is 0 Å². The average Bonchev–Trinajstić information content (AvgIpc) is 2.47. The molecule has 0 aliphatic rings. The Balaban J connectivity index is 2.31. The zero-order valence-electron chi connectivity index (χ0n) is 12.9. The van der Waals surface area contributed by atoms with Crippen molar-refractivity contribution in [3.05, 3.63) is 35.9 Å². The molecule has 1 atom stereocenters. The quantitative estimate of drug-likeness (QED) is 0.415. The Morgan fingerprint density at radius 3 is 2.67 bits per heavy atom. The lowest BCUT2D eigenvalue weighted by Gasteiger charge is -2.10. The van der Waals surface area contributed by atoms with E-state index >= 15 is 0 Å². The number of carbonyl (C=O) groups is 1. The summed E-state index contributed by atoms with van der Waals surface area (Å²) in [5.41, 5.74) is 1.12. The number of ether oxygens (including phenoxy) is 2. The summed E-state index contributed by atoms with van der Waals surface area (Å²) in [6.45, 7) is 4.45. The van der Waals surface area contributed by atoms with E-state index in [2.05, 4.69) is 18.8 Å². The normalized spacial score (nSPS) is 11.3. The minimum absolute atomic E-state index is 0.281. The van der Waals surface area contributed by atoms with E-state index in [0.29, 0.717) is 13.2 Å². The van der Waals surface area contributed by atoms with Gasteiger partial charge in [-0.2, -0.15) is 0 Å². The number of rotatable bonds is 8. The minimum Gasteiger partial charge on any atom is -0.449 e. The van der Waals surface area contributed by atoms with Crippen LogP contribution in [0.3, 0.4) is 0 Å². The Kier molecular flexibility index (Phi) is 8.99. The van der Waals surface area contributed by atoms with E-state index in [4.69, 9.17) is 9.47 Å². The molecule has 0 fully saturated rings. The van der Waals surface area contributed by atoms with Crippen molar-refractivity contribution in [3.63, 3.8) is 0 Å². The van der Waals surface area contributed by atoms with Crippen molar-refractivity contribution in [1.82, 2.24) is 0 Å². The molecule has 1 aromatic rings. The van der Waals surface area contributed by atoms with Gasteiger partial charge in [0, 0.05) is 6.92 Å². The van der Waals surface area contributed by atoms with Gasteiger partial charge in [0.25, 0.3) is 0 Å². The minimum atomic E-state index is -0.311. The van der Waals surface area contributed by atoms with Crippen molar-refractivity contribution in [2.45, 2.75) is 52.2 Å². The summed E-state index contributed by atoms with van der Waals surface area (Å²) in [5, 5.41) is 0. The van der Waals surface area contributed by atoms with Crippen LogP contribution in [0.2, 0.25) is 0 Å². The Labute approximate surface area is 127 Å². The van der Waals surface area contributed by atoms with Crippen LogP contribution in [-0.2, 0) is 20.9 Å². The topological polar surface area (TPSA) is 35.5 Å². The molecule has 0 N–H and O–H groups in total. The molecule has 0 bridgehead atoms. The first kappa shape index (κ1) is 17.3. The lowest BCUT2D eigenvalue weighted by molar-refractivity contribution is -0.144. The van der Waals surface area contributed by atoms with Gasteiger partial charge in [-0.25, -0.2) is 0 Å².